The first-order valence-electron chi connectivity index (χ1n) is 11.4. The highest BCUT2D eigenvalue weighted by atomic mass is 16.5. The van der Waals surface area contributed by atoms with Gasteiger partial charge in [0, 0.05) is 22.8 Å². The maximum atomic E-state index is 12.8. The van der Waals surface area contributed by atoms with Crippen LogP contribution in [0.2, 0.25) is 0 Å². The number of nitrogens with one attached hydrogen (secondary N) is 1. The summed E-state index contributed by atoms with van der Waals surface area (Å²) in [6.45, 7) is 6.41. The van der Waals surface area contributed by atoms with Crippen LogP contribution < -0.4 is 10.1 Å². The molecular weight excluding hydrogens is 434 g/mol. The number of nitriles is 1. The molecule has 4 aromatic rings. The minimum atomic E-state index is -0.425. The van der Waals surface area contributed by atoms with E-state index in [9.17, 15) is 10.1 Å². The van der Waals surface area contributed by atoms with Crippen LogP contribution in [0, 0.1) is 32.1 Å². The summed E-state index contributed by atoms with van der Waals surface area (Å²) in [6, 6.07) is 29.5. The Morgan fingerprint density at radius 2 is 1.66 bits per heavy atom. The zero-order chi connectivity index (χ0) is 24.8. The van der Waals surface area contributed by atoms with Crippen LogP contribution >= 0.6 is 0 Å². The van der Waals surface area contributed by atoms with Gasteiger partial charge in [0.1, 0.15) is 24.0 Å². The van der Waals surface area contributed by atoms with Gasteiger partial charge >= 0.3 is 0 Å². The van der Waals surface area contributed by atoms with Crippen LogP contribution in [-0.4, -0.2) is 10.5 Å². The molecule has 0 radical (unpaired) electrons. The summed E-state index contributed by atoms with van der Waals surface area (Å²) in [5.41, 5.74) is 6.55. The molecule has 0 spiro atoms. The Bertz CT molecular complexity index is 1410. The minimum Gasteiger partial charge on any atom is -0.489 e. The van der Waals surface area contributed by atoms with E-state index < -0.39 is 5.91 Å². The lowest BCUT2D eigenvalue weighted by atomic mass is 10.1. The molecule has 1 amide bonds. The number of hydrogen-bond acceptors (Lipinski definition) is 3. The summed E-state index contributed by atoms with van der Waals surface area (Å²) in [6.07, 6.45) is 1.64. The molecule has 0 aliphatic heterocycles. The number of ether oxygens (including phenoxy) is 1. The molecule has 4 rings (SSSR count). The van der Waals surface area contributed by atoms with Gasteiger partial charge < -0.3 is 14.6 Å². The van der Waals surface area contributed by atoms with Crippen molar-refractivity contribution in [3.63, 3.8) is 0 Å². The summed E-state index contributed by atoms with van der Waals surface area (Å²) in [5.74, 6) is 0.367. The van der Waals surface area contributed by atoms with Crippen LogP contribution in [0.4, 0.5) is 5.69 Å². The van der Waals surface area contributed by atoms with E-state index in [-0.39, 0.29) is 5.57 Å². The number of amides is 1. The van der Waals surface area contributed by atoms with Gasteiger partial charge in [-0.2, -0.15) is 5.26 Å². The molecule has 1 heterocycles. The van der Waals surface area contributed by atoms with Crippen LogP contribution in [-0.2, 0) is 11.4 Å². The van der Waals surface area contributed by atoms with Crippen LogP contribution in [0.15, 0.2) is 90.5 Å². The smallest absolute Gasteiger partial charge is 0.266 e. The molecule has 0 saturated heterocycles. The lowest BCUT2D eigenvalue weighted by Crippen LogP contribution is -2.14. The third-order valence-corrected chi connectivity index (χ3v) is 5.87. The minimum absolute atomic E-state index is 0.0539. The van der Waals surface area contributed by atoms with E-state index in [0.717, 1.165) is 39.5 Å². The van der Waals surface area contributed by atoms with Gasteiger partial charge in [-0.1, -0.05) is 48.5 Å². The molecule has 5 heteroatoms. The molecule has 3 aromatic carbocycles. The van der Waals surface area contributed by atoms with E-state index in [4.69, 9.17) is 4.74 Å². The fourth-order valence-corrected chi connectivity index (χ4v) is 3.97. The van der Waals surface area contributed by atoms with Crippen molar-refractivity contribution in [3.05, 3.63) is 119 Å². The van der Waals surface area contributed by atoms with Crippen molar-refractivity contribution in [2.45, 2.75) is 27.4 Å². The second kappa shape index (κ2) is 10.6. The van der Waals surface area contributed by atoms with Crippen molar-refractivity contribution in [2.24, 2.45) is 0 Å². The largest absolute Gasteiger partial charge is 0.489 e. The van der Waals surface area contributed by atoms with E-state index in [1.807, 2.05) is 112 Å². The SMILES string of the molecule is Cc1ccccc1NC(=O)/C(C#N)=C\c1cc(C)n(-c2ccc(OCc3ccccc3)cc2)c1C. The van der Waals surface area contributed by atoms with E-state index in [1.54, 1.807) is 6.08 Å². The van der Waals surface area contributed by atoms with Crippen molar-refractivity contribution < 1.29 is 9.53 Å². The molecule has 0 aliphatic rings. The highest BCUT2D eigenvalue weighted by Gasteiger charge is 2.14. The third kappa shape index (κ3) is 5.51. The van der Waals surface area contributed by atoms with Crippen LogP contribution in [0.5, 0.6) is 5.75 Å². The highest BCUT2D eigenvalue weighted by Crippen LogP contribution is 2.25. The zero-order valence-electron chi connectivity index (χ0n) is 20.1. The molecule has 0 saturated carbocycles. The summed E-state index contributed by atoms with van der Waals surface area (Å²) in [7, 11) is 0. The highest BCUT2D eigenvalue weighted by molar-refractivity contribution is 6.10. The Hall–Kier alpha value is -4.56. The van der Waals surface area contributed by atoms with Crippen molar-refractivity contribution >= 4 is 17.7 Å². The van der Waals surface area contributed by atoms with Crippen LogP contribution in [0.1, 0.15) is 28.1 Å². The quantitative estimate of drug-likeness (QED) is 0.251. The van der Waals surface area contributed by atoms with Gasteiger partial charge in [0.25, 0.3) is 5.91 Å². The van der Waals surface area contributed by atoms with Crippen LogP contribution in [0.3, 0.4) is 0 Å². The van der Waals surface area contributed by atoms with E-state index in [1.165, 1.54) is 0 Å². The van der Waals surface area contributed by atoms with Crippen molar-refractivity contribution in [1.82, 2.24) is 4.57 Å². The predicted octanol–water partition coefficient (Wildman–Crippen LogP) is 6.53. The van der Waals surface area contributed by atoms with E-state index in [0.29, 0.717) is 12.3 Å². The summed E-state index contributed by atoms with van der Waals surface area (Å²) >= 11 is 0. The molecule has 0 unspecified atom stereocenters. The second-order valence-corrected chi connectivity index (χ2v) is 8.37. The van der Waals surface area contributed by atoms with Crippen molar-refractivity contribution in [2.75, 3.05) is 5.32 Å². The van der Waals surface area contributed by atoms with Gasteiger partial charge in [0.15, 0.2) is 0 Å². The number of nitrogens with zero attached hydrogens (tertiary/aromatic N) is 2. The fraction of sp³-hybridized carbons (Fsp3) is 0.133. The Morgan fingerprint density at radius 1 is 0.971 bits per heavy atom. The number of rotatable bonds is 7. The summed E-state index contributed by atoms with van der Waals surface area (Å²) < 4.78 is 8.00. The Labute approximate surface area is 205 Å². The number of aryl methyl sites for hydroxylation is 2. The normalized spacial score (nSPS) is 11.1. The third-order valence-electron chi connectivity index (χ3n) is 5.87. The number of para-hydroxylation sites is 1. The topological polar surface area (TPSA) is 67.0 Å². The number of carbonyl (C=O) groups is 1. The Morgan fingerprint density at radius 3 is 2.34 bits per heavy atom. The first kappa shape index (κ1) is 23.6. The molecule has 1 aromatic heterocycles. The average molecular weight is 462 g/mol. The van der Waals surface area contributed by atoms with E-state index >= 15 is 0 Å². The first-order valence-corrected chi connectivity index (χ1v) is 11.4. The predicted molar refractivity (Wildman–Crippen MR) is 139 cm³/mol. The van der Waals surface area contributed by atoms with Gasteiger partial charge in [-0.05, 0) is 79.9 Å². The maximum Gasteiger partial charge on any atom is 0.266 e. The summed E-state index contributed by atoms with van der Waals surface area (Å²) in [5, 5.41) is 12.5. The molecular formula is C30H27N3O2. The van der Waals surface area contributed by atoms with Crippen LogP contribution in [0.25, 0.3) is 11.8 Å². The molecule has 35 heavy (non-hydrogen) atoms. The fourth-order valence-electron chi connectivity index (χ4n) is 3.97. The van der Waals surface area contributed by atoms with Gasteiger partial charge in [0.05, 0.1) is 0 Å². The van der Waals surface area contributed by atoms with Crippen molar-refractivity contribution in [1.29, 1.82) is 5.26 Å². The lowest BCUT2D eigenvalue weighted by Gasteiger charge is -2.12. The van der Waals surface area contributed by atoms with Gasteiger partial charge in [0.2, 0.25) is 0 Å². The van der Waals surface area contributed by atoms with Gasteiger partial charge in [-0.15, -0.1) is 0 Å². The average Bonchev–Trinajstić information content (AvgIpc) is 3.16. The lowest BCUT2D eigenvalue weighted by molar-refractivity contribution is -0.112. The second-order valence-electron chi connectivity index (χ2n) is 8.37. The molecule has 5 nitrogen and oxygen atoms in total. The summed E-state index contributed by atoms with van der Waals surface area (Å²) in [4.78, 5) is 12.8. The molecule has 0 atom stereocenters. The molecule has 174 valence electrons. The number of aromatic nitrogens is 1. The Balaban J connectivity index is 1.53. The molecule has 0 fully saturated rings. The zero-order valence-corrected chi connectivity index (χ0v) is 20.1. The van der Waals surface area contributed by atoms with Gasteiger partial charge in [-0.25, -0.2) is 0 Å². The number of benzene rings is 3. The standard InChI is InChI=1S/C30H27N3O2/c1-21-9-7-8-12-29(21)32-30(34)26(19-31)18-25-17-22(2)33(23(25)3)27-13-15-28(16-14-27)35-20-24-10-5-4-6-11-24/h4-18H,20H2,1-3H3,(H,32,34)/b26-18-. The monoisotopic (exact) mass is 461 g/mol. The number of carbonyl (C=O) groups excluding carboxylic acids is 1. The molecule has 1 N–H and O–H groups in total. The Kier molecular flexibility index (Phi) is 7.13. The number of hydrogen-bond donors (Lipinski definition) is 1. The maximum absolute atomic E-state index is 12.8. The van der Waals surface area contributed by atoms with Crippen molar-refractivity contribution in [3.8, 4) is 17.5 Å². The first-order chi connectivity index (χ1) is 17.0. The molecule has 0 bridgehead atoms. The molecule has 0 aliphatic carbocycles. The number of anilines is 1. The van der Waals surface area contributed by atoms with Gasteiger partial charge in [-0.3, -0.25) is 4.79 Å². The van der Waals surface area contributed by atoms with E-state index in [2.05, 4.69) is 9.88 Å².